The van der Waals surface area contributed by atoms with E-state index in [-0.39, 0.29) is 18.1 Å². The van der Waals surface area contributed by atoms with Gasteiger partial charge in [0.2, 0.25) is 0 Å². The number of carbonyl (C=O) groups excluding carboxylic acids is 1. The van der Waals surface area contributed by atoms with E-state index in [0.29, 0.717) is 19.6 Å². The number of esters is 1. The molecule has 0 bridgehead atoms. The Bertz CT molecular complexity index is 680. The third-order valence-electron chi connectivity index (χ3n) is 3.84. The van der Waals surface area contributed by atoms with E-state index in [1.54, 1.807) is 0 Å². The highest BCUT2D eigenvalue weighted by Crippen LogP contribution is 2.28. The number of halogens is 1. The molecule has 1 saturated heterocycles. The monoisotopic (exact) mass is 465 g/mol. The summed E-state index contributed by atoms with van der Waals surface area (Å²) in [5.74, 6) is -0.125. The van der Waals surface area contributed by atoms with Crippen LogP contribution in [0.4, 0.5) is 0 Å². The number of hydrogen-bond acceptors (Lipinski definition) is 5. The zero-order valence-electron chi connectivity index (χ0n) is 14.3. The molecule has 0 spiro atoms. The van der Waals surface area contributed by atoms with Crippen molar-refractivity contribution in [2.24, 2.45) is 0 Å². The highest BCUT2D eigenvalue weighted by Gasteiger charge is 2.34. The summed E-state index contributed by atoms with van der Waals surface area (Å²) >= 11 is 2.20. The summed E-state index contributed by atoms with van der Waals surface area (Å²) in [5, 5.41) is -0.526. The maximum absolute atomic E-state index is 12.4. The van der Waals surface area contributed by atoms with E-state index >= 15 is 0 Å². The number of sulfone groups is 1. The van der Waals surface area contributed by atoms with Gasteiger partial charge in [0.15, 0.2) is 9.84 Å². The van der Waals surface area contributed by atoms with E-state index in [0.717, 1.165) is 9.13 Å². The van der Waals surface area contributed by atoms with Crippen molar-refractivity contribution in [3.8, 4) is 0 Å². The number of hydrogen-bond donors (Lipinski definition) is 0. The van der Waals surface area contributed by atoms with E-state index in [2.05, 4.69) is 22.6 Å². The van der Waals surface area contributed by atoms with Crippen LogP contribution in [0.1, 0.15) is 38.0 Å². The van der Waals surface area contributed by atoms with Crippen molar-refractivity contribution in [2.75, 3.05) is 25.4 Å². The second-order valence-corrected chi connectivity index (χ2v) is 10.6. The topological polar surface area (TPSA) is 63.7 Å². The minimum Gasteiger partial charge on any atom is -0.460 e. The van der Waals surface area contributed by atoms with Crippen LogP contribution < -0.4 is 0 Å². The summed E-state index contributed by atoms with van der Waals surface area (Å²) in [7, 11) is -3.15. The molecule has 1 unspecified atom stereocenters. The standard InChI is InChI=1S/C17H24INO4S/c1-17(2,3)23-16(20)8-9-19-10-11-24(21,22)15(12-19)13-4-6-14(18)7-5-13/h4-7,15H,8-12H2,1-3H3. The quantitative estimate of drug-likeness (QED) is 0.506. The molecule has 24 heavy (non-hydrogen) atoms. The molecule has 1 aromatic rings. The van der Waals surface area contributed by atoms with Gasteiger partial charge in [-0.15, -0.1) is 0 Å². The highest BCUT2D eigenvalue weighted by molar-refractivity contribution is 14.1. The van der Waals surface area contributed by atoms with Crippen LogP contribution in [0.25, 0.3) is 0 Å². The minimum atomic E-state index is -3.15. The second-order valence-electron chi connectivity index (χ2n) is 7.04. The summed E-state index contributed by atoms with van der Waals surface area (Å²) in [6.45, 7) is 6.92. The van der Waals surface area contributed by atoms with Crippen LogP contribution in [0.15, 0.2) is 24.3 Å². The molecular formula is C17H24INO4S. The van der Waals surface area contributed by atoms with Crippen molar-refractivity contribution in [1.29, 1.82) is 0 Å². The Morgan fingerprint density at radius 3 is 2.50 bits per heavy atom. The molecule has 0 amide bonds. The number of nitrogens with zero attached hydrogens (tertiary/aromatic N) is 1. The van der Waals surface area contributed by atoms with Crippen LogP contribution in [0.2, 0.25) is 0 Å². The summed E-state index contributed by atoms with van der Waals surface area (Å²) in [6.07, 6.45) is 0.275. The molecule has 0 N–H and O–H groups in total. The SMILES string of the molecule is CC(C)(C)OC(=O)CCN1CCS(=O)(=O)C(c2ccc(I)cc2)C1. The van der Waals surface area contributed by atoms with Crippen LogP contribution in [-0.4, -0.2) is 50.3 Å². The molecule has 7 heteroatoms. The smallest absolute Gasteiger partial charge is 0.307 e. The Morgan fingerprint density at radius 1 is 1.29 bits per heavy atom. The Labute approximate surface area is 157 Å². The van der Waals surface area contributed by atoms with Gasteiger partial charge >= 0.3 is 5.97 Å². The summed E-state index contributed by atoms with van der Waals surface area (Å²) in [5.41, 5.74) is 0.323. The lowest BCUT2D eigenvalue weighted by atomic mass is 10.1. The van der Waals surface area contributed by atoms with Gasteiger partial charge in [0.05, 0.1) is 17.4 Å². The molecule has 1 heterocycles. The molecule has 134 valence electrons. The Morgan fingerprint density at radius 2 is 1.92 bits per heavy atom. The van der Waals surface area contributed by atoms with Crippen molar-refractivity contribution in [3.63, 3.8) is 0 Å². The summed E-state index contributed by atoms with van der Waals surface area (Å²) < 4.78 is 31.2. The normalized spacial score (nSPS) is 21.4. The van der Waals surface area contributed by atoms with Gasteiger partial charge in [0.1, 0.15) is 5.60 Å². The van der Waals surface area contributed by atoms with Crippen LogP contribution in [0.5, 0.6) is 0 Å². The maximum atomic E-state index is 12.4. The first kappa shape index (κ1) is 19.7. The molecule has 1 aliphatic heterocycles. The van der Waals surface area contributed by atoms with E-state index in [4.69, 9.17) is 4.74 Å². The number of carbonyl (C=O) groups is 1. The molecule has 0 aromatic heterocycles. The average Bonchev–Trinajstić information content (AvgIpc) is 2.45. The third kappa shape index (κ3) is 5.70. The molecule has 2 rings (SSSR count). The van der Waals surface area contributed by atoms with Gasteiger partial charge in [-0.25, -0.2) is 8.42 Å². The van der Waals surface area contributed by atoms with Gasteiger partial charge in [0, 0.05) is 23.2 Å². The highest BCUT2D eigenvalue weighted by atomic mass is 127. The Hall–Kier alpha value is -0.670. The Kier molecular flexibility index (Phi) is 6.30. The first-order chi connectivity index (χ1) is 11.1. The average molecular weight is 465 g/mol. The van der Waals surface area contributed by atoms with E-state index < -0.39 is 20.7 Å². The number of ether oxygens (including phenoxy) is 1. The van der Waals surface area contributed by atoms with Gasteiger partial charge in [-0.1, -0.05) is 12.1 Å². The summed E-state index contributed by atoms with van der Waals surface area (Å²) in [4.78, 5) is 13.9. The molecule has 0 aliphatic carbocycles. The number of rotatable bonds is 4. The molecule has 1 aliphatic rings. The lowest BCUT2D eigenvalue weighted by Crippen LogP contribution is -2.43. The lowest BCUT2D eigenvalue weighted by Gasteiger charge is -2.32. The molecule has 1 fully saturated rings. The molecule has 1 atom stereocenters. The minimum absolute atomic E-state index is 0.123. The van der Waals surface area contributed by atoms with E-state index in [1.165, 1.54) is 0 Å². The second kappa shape index (κ2) is 7.70. The van der Waals surface area contributed by atoms with Crippen molar-refractivity contribution < 1.29 is 17.9 Å². The molecule has 1 aromatic carbocycles. The van der Waals surface area contributed by atoms with Gasteiger partial charge in [-0.05, 0) is 61.1 Å². The Balaban J connectivity index is 2.00. The van der Waals surface area contributed by atoms with Crippen molar-refractivity contribution in [1.82, 2.24) is 4.90 Å². The van der Waals surface area contributed by atoms with Crippen molar-refractivity contribution in [2.45, 2.75) is 38.0 Å². The maximum Gasteiger partial charge on any atom is 0.307 e. The summed E-state index contributed by atoms with van der Waals surface area (Å²) in [6, 6.07) is 7.60. The fourth-order valence-corrected chi connectivity index (χ4v) is 4.84. The van der Waals surface area contributed by atoms with Crippen LogP contribution >= 0.6 is 22.6 Å². The van der Waals surface area contributed by atoms with Crippen molar-refractivity contribution >= 4 is 38.4 Å². The predicted molar refractivity (Wildman–Crippen MR) is 103 cm³/mol. The zero-order valence-corrected chi connectivity index (χ0v) is 17.3. The molecular weight excluding hydrogens is 441 g/mol. The first-order valence-electron chi connectivity index (χ1n) is 7.98. The van der Waals surface area contributed by atoms with Crippen LogP contribution in [0, 0.1) is 3.57 Å². The van der Waals surface area contributed by atoms with Gasteiger partial charge in [-0.3, -0.25) is 4.79 Å². The predicted octanol–water partition coefficient (Wildman–Crippen LogP) is 2.79. The van der Waals surface area contributed by atoms with E-state index in [1.807, 2.05) is 49.9 Å². The fraction of sp³-hybridized carbons (Fsp3) is 0.588. The fourth-order valence-electron chi connectivity index (χ4n) is 2.67. The van der Waals surface area contributed by atoms with Crippen LogP contribution in [-0.2, 0) is 19.4 Å². The van der Waals surface area contributed by atoms with Gasteiger partial charge < -0.3 is 9.64 Å². The van der Waals surface area contributed by atoms with Crippen LogP contribution in [0.3, 0.4) is 0 Å². The lowest BCUT2D eigenvalue weighted by molar-refractivity contribution is -0.155. The number of benzene rings is 1. The molecule has 5 nitrogen and oxygen atoms in total. The van der Waals surface area contributed by atoms with Gasteiger partial charge in [0.25, 0.3) is 0 Å². The van der Waals surface area contributed by atoms with Gasteiger partial charge in [-0.2, -0.15) is 0 Å². The largest absolute Gasteiger partial charge is 0.460 e. The van der Waals surface area contributed by atoms with E-state index in [9.17, 15) is 13.2 Å². The molecule has 0 radical (unpaired) electrons. The zero-order chi connectivity index (χ0) is 18.0. The van der Waals surface area contributed by atoms with Crippen molar-refractivity contribution in [3.05, 3.63) is 33.4 Å². The first-order valence-corrected chi connectivity index (χ1v) is 10.8. The molecule has 0 saturated carbocycles. The third-order valence-corrected chi connectivity index (χ3v) is 6.60.